The number of halogens is 3. The minimum Gasteiger partial charge on any atom is -0.451 e. The van der Waals surface area contributed by atoms with Gasteiger partial charge in [-0.25, -0.2) is 4.39 Å². The molecule has 6 nitrogen and oxygen atoms in total. The number of esters is 1. The Labute approximate surface area is 164 Å². The lowest BCUT2D eigenvalue weighted by Gasteiger charge is -2.14. The molecule has 27 heavy (non-hydrogen) atoms. The molecule has 0 aromatic heterocycles. The summed E-state index contributed by atoms with van der Waals surface area (Å²) < 4.78 is 17.8. The maximum absolute atomic E-state index is 12.8. The molecule has 0 spiro atoms. The van der Waals surface area contributed by atoms with Gasteiger partial charge in [0.15, 0.2) is 6.10 Å². The van der Waals surface area contributed by atoms with E-state index in [1.807, 2.05) is 0 Å². The lowest BCUT2D eigenvalue weighted by Crippen LogP contribution is -2.35. The number of carbonyl (C=O) groups excluding carboxylic acids is 3. The van der Waals surface area contributed by atoms with Crippen LogP contribution in [-0.2, 0) is 14.3 Å². The van der Waals surface area contributed by atoms with E-state index in [2.05, 4.69) is 10.6 Å². The predicted octanol–water partition coefficient (Wildman–Crippen LogP) is 3.43. The number of hydrogen-bond donors (Lipinski definition) is 2. The van der Waals surface area contributed by atoms with E-state index in [0.29, 0.717) is 10.7 Å². The van der Waals surface area contributed by atoms with Crippen LogP contribution in [0.25, 0.3) is 0 Å². The minimum absolute atomic E-state index is 0.206. The van der Waals surface area contributed by atoms with E-state index in [0.717, 1.165) is 0 Å². The number of nitrogens with one attached hydrogen (secondary N) is 2. The Morgan fingerprint density at radius 2 is 1.74 bits per heavy atom. The molecule has 0 bridgehead atoms. The number of rotatable bonds is 6. The Morgan fingerprint density at radius 1 is 1.07 bits per heavy atom. The molecule has 2 aromatic rings. The number of amides is 2. The van der Waals surface area contributed by atoms with Crippen molar-refractivity contribution in [1.82, 2.24) is 5.32 Å². The highest BCUT2D eigenvalue weighted by molar-refractivity contribution is 6.42. The Morgan fingerprint density at radius 3 is 2.37 bits per heavy atom. The molecule has 142 valence electrons. The van der Waals surface area contributed by atoms with E-state index in [9.17, 15) is 18.8 Å². The molecule has 2 N–H and O–H groups in total. The number of hydrogen-bond acceptors (Lipinski definition) is 4. The van der Waals surface area contributed by atoms with Crippen molar-refractivity contribution in [1.29, 1.82) is 0 Å². The van der Waals surface area contributed by atoms with Crippen LogP contribution < -0.4 is 10.6 Å². The van der Waals surface area contributed by atoms with E-state index in [1.165, 1.54) is 49.4 Å². The lowest BCUT2D eigenvalue weighted by atomic mass is 10.2. The summed E-state index contributed by atoms with van der Waals surface area (Å²) in [5, 5.41) is 5.34. The molecule has 2 aromatic carbocycles. The average molecular weight is 413 g/mol. The van der Waals surface area contributed by atoms with E-state index in [1.54, 1.807) is 0 Å². The third-order valence-electron chi connectivity index (χ3n) is 3.36. The van der Waals surface area contributed by atoms with Crippen molar-refractivity contribution >= 4 is 46.7 Å². The minimum atomic E-state index is -1.11. The molecule has 0 radical (unpaired) electrons. The summed E-state index contributed by atoms with van der Waals surface area (Å²) in [6, 6.07) is 9.39. The van der Waals surface area contributed by atoms with Gasteiger partial charge in [0.1, 0.15) is 12.4 Å². The quantitative estimate of drug-likeness (QED) is 0.711. The molecule has 2 rings (SSSR count). The fourth-order valence-electron chi connectivity index (χ4n) is 1.96. The van der Waals surface area contributed by atoms with Crippen molar-refractivity contribution in [3.63, 3.8) is 0 Å². The van der Waals surface area contributed by atoms with Crippen LogP contribution in [-0.4, -0.2) is 30.4 Å². The molecule has 0 heterocycles. The summed E-state index contributed by atoms with van der Waals surface area (Å²) in [5.41, 5.74) is 0.580. The molecule has 0 aliphatic carbocycles. The smallest absolute Gasteiger partial charge is 0.326 e. The topological polar surface area (TPSA) is 84.5 Å². The van der Waals surface area contributed by atoms with Gasteiger partial charge in [-0.2, -0.15) is 0 Å². The molecule has 0 saturated carbocycles. The molecule has 9 heteroatoms. The van der Waals surface area contributed by atoms with Crippen LogP contribution in [0.5, 0.6) is 0 Å². The molecule has 2 amide bonds. The first-order chi connectivity index (χ1) is 12.8. The second-order valence-electron chi connectivity index (χ2n) is 5.44. The van der Waals surface area contributed by atoms with Gasteiger partial charge in [-0.3, -0.25) is 14.4 Å². The normalized spacial score (nSPS) is 11.4. The zero-order valence-corrected chi connectivity index (χ0v) is 15.6. The van der Waals surface area contributed by atoms with E-state index < -0.39 is 36.2 Å². The largest absolute Gasteiger partial charge is 0.451 e. The first-order valence-corrected chi connectivity index (χ1v) is 8.51. The zero-order chi connectivity index (χ0) is 20.0. The van der Waals surface area contributed by atoms with Crippen molar-refractivity contribution in [2.24, 2.45) is 0 Å². The van der Waals surface area contributed by atoms with Crippen molar-refractivity contribution in [2.75, 3.05) is 11.9 Å². The second-order valence-corrected chi connectivity index (χ2v) is 6.25. The van der Waals surface area contributed by atoms with Gasteiger partial charge in [0.25, 0.3) is 11.8 Å². The van der Waals surface area contributed by atoms with Gasteiger partial charge < -0.3 is 15.4 Å². The van der Waals surface area contributed by atoms with Crippen LogP contribution in [0.2, 0.25) is 10.0 Å². The van der Waals surface area contributed by atoms with Crippen molar-refractivity contribution in [2.45, 2.75) is 13.0 Å². The number of carbonyl (C=O) groups is 3. The molecule has 0 aliphatic heterocycles. The fourth-order valence-corrected chi connectivity index (χ4v) is 2.26. The summed E-state index contributed by atoms with van der Waals surface area (Å²) in [6.45, 7) is 0.935. The standard InChI is InChI=1S/C18H15Cl2FN2O4/c1-10(17(25)23-13-5-3-12(21)4-6-13)27-16(24)9-22-18(26)11-2-7-14(19)15(20)8-11/h2-8,10H,9H2,1H3,(H,22,26)(H,23,25)/t10-/m0/s1. The summed E-state index contributed by atoms with van der Waals surface area (Å²) in [4.78, 5) is 35.7. The summed E-state index contributed by atoms with van der Waals surface area (Å²) >= 11 is 11.6. The first-order valence-electron chi connectivity index (χ1n) is 7.75. The van der Waals surface area contributed by atoms with Gasteiger partial charge in [0, 0.05) is 11.3 Å². The van der Waals surface area contributed by atoms with Gasteiger partial charge in [0.2, 0.25) is 0 Å². The number of benzene rings is 2. The van der Waals surface area contributed by atoms with Crippen LogP contribution in [0.3, 0.4) is 0 Å². The third kappa shape index (κ3) is 6.23. The summed E-state index contributed by atoms with van der Waals surface area (Å²) in [7, 11) is 0. The molecule has 0 unspecified atom stereocenters. The van der Waals surface area contributed by atoms with Crippen molar-refractivity contribution in [3.05, 3.63) is 63.9 Å². The second kappa shape index (κ2) is 9.34. The Balaban J connectivity index is 1.81. The van der Waals surface area contributed by atoms with Crippen LogP contribution >= 0.6 is 23.2 Å². The molecular formula is C18H15Cl2FN2O4. The van der Waals surface area contributed by atoms with Crippen molar-refractivity contribution < 1.29 is 23.5 Å². The number of ether oxygens (including phenoxy) is 1. The molecule has 0 fully saturated rings. The van der Waals surface area contributed by atoms with Gasteiger partial charge in [-0.05, 0) is 49.4 Å². The molecular weight excluding hydrogens is 398 g/mol. The lowest BCUT2D eigenvalue weighted by molar-refractivity contribution is -0.152. The van der Waals surface area contributed by atoms with Gasteiger partial charge in [-0.1, -0.05) is 23.2 Å². The van der Waals surface area contributed by atoms with Crippen LogP contribution in [0.4, 0.5) is 10.1 Å². The Bertz CT molecular complexity index is 859. The highest BCUT2D eigenvalue weighted by Gasteiger charge is 2.19. The number of anilines is 1. The fraction of sp³-hybridized carbons (Fsp3) is 0.167. The predicted molar refractivity (Wildman–Crippen MR) is 99.4 cm³/mol. The Kier molecular flexibility index (Phi) is 7.15. The highest BCUT2D eigenvalue weighted by atomic mass is 35.5. The van der Waals surface area contributed by atoms with Crippen LogP contribution in [0.15, 0.2) is 42.5 Å². The molecule has 1 atom stereocenters. The summed E-state index contributed by atoms with van der Waals surface area (Å²) in [5.74, 6) is -2.38. The summed E-state index contributed by atoms with van der Waals surface area (Å²) in [6.07, 6.45) is -1.11. The maximum Gasteiger partial charge on any atom is 0.326 e. The van der Waals surface area contributed by atoms with Gasteiger partial charge in [0.05, 0.1) is 10.0 Å². The zero-order valence-electron chi connectivity index (χ0n) is 14.1. The first kappa shape index (κ1) is 20.7. The van der Waals surface area contributed by atoms with E-state index in [4.69, 9.17) is 27.9 Å². The SMILES string of the molecule is C[C@H](OC(=O)CNC(=O)c1ccc(Cl)c(Cl)c1)C(=O)Nc1ccc(F)cc1. The monoisotopic (exact) mass is 412 g/mol. The van der Waals surface area contributed by atoms with Crippen LogP contribution in [0, 0.1) is 5.82 Å². The molecule has 0 saturated heterocycles. The third-order valence-corrected chi connectivity index (χ3v) is 4.10. The van der Waals surface area contributed by atoms with Crippen molar-refractivity contribution in [3.8, 4) is 0 Å². The van der Waals surface area contributed by atoms with E-state index in [-0.39, 0.29) is 10.6 Å². The Hall–Kier alpha value is -2.64. The molecule has 0 aliphatic rings. The van der Waals surface area contributed by atoms with Crippen LogP contribution in [0.1, 0.15) is 17.3 Å². The van der Waals surface area contributed by atoms with Gasteiger partial charge >= 0.3 is 5.97 Å². The maximum atomic E-state index is 12.8. The average Bonchev–Trinajstić information content (AvgIpc) is 2.63. The highest BCUT2D eigenvalue weighted by Crippen LogP contribution is 2.22. The van der Waals surface area contributed by atoms with E-state index >= 15 is 0 Å². The van der Waals surface area contributed by atoms with Gasteiger partial charge in [-0.15, -0.1) is 0 Å².